The monoisotopic (exact) mass is 246 g/mol. The molecule has 1 aromatic rings. The van der Waals surface area contributed by atoms with Crippen LogP contribution >= 0.6 is 0 Å². The Morgan fingerprint density at radius 2 is 2.22 bits per heavy atom. The van der Waals surface area contributed by atoms with Crippen molar-refractivity contribution in [2.24, 2.45) is 11.0 Å². The first-order valence-corrected chi connectivity index (χ1v) is 5.80. The molecule has 96 valence electrons. The topological polar surface area (TPSA) is 50.7 Å². The van der Waals surface area contributed by atoms with Gasteiger partial charge in [-0.05, 0) is 12.1 Å². The summed E-state index contributed by atoms with van der Waals surface area (Å²) < 4.78 is 5.47. The fourth-order valence-electron chi connectivity index (χ4n) is 1.16. The smallest absolute Gasteiger partial charge is 0.242 e. The molecule has 1 rings (SSSR count). The van der Waals surface area contributed by atoms with Gasteiger partial charge in [0.1, 0.15) is 12.4 Å². The molecule has 0 radical (unpaired) electrons. The van der Waals surface area contributed by atoms with Crippen molar-refractivity contribution in [1.29, 1.82) is 0 Å². The Morgan fingerprint density at radius 1 is 1.50 bits per heavy atom. The van der Waals surface area contributed by atoms with E-state index >= 15 is 0 Å². The van der Waals surface area contributed by atoms with Gasteiger partial charge in [-0.25, -0.2) is 5.43 Å². The minimum atomic E-state index is -0.115. The van der Waals surface area contributed by atoms with Crippen LogP contribution in [0, 0.1) is 5.92 Å². The number of amides is 1. The summed E-state index contributed by atoms with van der Waals surface area (Å²) in [5, 5.41) is 3.90. The second-order valence-electron chi connectivity index (χ2n) is 4.03. The molecule has 0 aliphatic carbocycles. The Balaban J connectivity index is 2.68. The average molecular weight is 246 g/mol. The Bertz CT molecular complexity index is 439. The van der Waals surface area contributed by atoms with Crippen molar-refractivity contribution < 1.29 is 9.53 Å². The highest BCUT2D eigenvalue weighted by molar-refractivity contribution is 5.85. The first kappa shape index (κ1) is 14.0. The molecule has 1 N–H and O–H groups in total. The molecule has 4 heteroatoms. The third-order valence-corrected chi connectivity index (χ3v) is 2.18. The van der Waals surface area contributed by atoms with E-state index in [1.165, 1.54) is 0 Å². The molecule has 0 aliphatic rings. The second-order valence-corrected chi connectivity index (χ2v) is 4.03. The molecule has 0 atom stereocenters. The van der Waals surface area contributed by atoms with Gasteiger partial charge in [-0.1, -0.05) is 38.6 Å². The van der Waals surface area contributed by atoms with E-state index < -0.39 is 0 Å². The van der Waals surface area contributed by atoms with Crippen molar-refractivity contribution in [2.75, 3.05) is 6.61 Å². The number of nitrogens with one attached hydrogen (secondary N) is 1. The van der Waals surface area contributed by atoms with E-state index in [9.17, 15) is 4.79 Å². The Labute approximate surface area is 107 Å². The summed E-state index contributed by atoms with van der Waals surface area (Å²) in [5.41, 5.74) is 3.28. The molecular formula is C14H18N2O2. The molecule has 4 nitrogen and oxygen atoms in total. The van der Waals surface area contributed by atoms with Crippen LogP contribution in [-0.2, 0) is 4.79 Å². The molecule has 0 fully saturated rings. The number of para-hydroxylation sites is 1. The van der Waals surface area contributed by atoms with Gasteiger partial charge in [-0.3, -0.25) is 4.79 Å². The maximum Gasteiger partial charge on any atom is 0.242 e. The molecular weight excluding hydrogens is 228 g/mol. The summed E-state index contributed by atoms with van der Waals surface area (Å²) >= 11 is 0. The Morgan fingerprint density at radius 3 is 2.89 bits per heavy atom. The summed E-state index contributed by atoms with van der Waals surface area (Å²) in [6.45, 7) is 7.65. The largest absolute Gasteiger partial charge is 0.489 e. The molecule has 18 heavy (non-hydrogen) atoms. The number of carbonyl (C=O) groups excluding carboxylic acids is 1. The van der Waals surface area contributed by atoms with Gasteiger partial charge in [0.15, 0.2) is 0 Å². The van der Waals surface area contributed by atoms with Crippen LogP contribution in [0.5, 0.6) is 5.75 Å². The van der Waals surface area contributed by atoms with Crippen LogP contribution in [0.1, 0.15) is 19.4 Å². The van der Waals surface area contributed by atoms with Crippen LogP contribution in [0.2, 0.25) is 0 Å². The molecule has 0 saturated carbocycles. The average Bonchev–Trinajstić information content (AvgIpc) is 2.37. The van der Waals surface area contributed by atoms with E-state index in [0.29, 0.717) is 12.4 Å². The lowest BCUT2D eigenvalue weighted by Crippen LogP contribution is -2.22. The van der Waals surface area contributed by atoms with Crippen LogP contribution in [-0.4, -0.2) is 18.7 Å². The van der Waals surface area contributed by atoms with Gasteiger partial charge in [-0.15, -0.1) is 0 Å². The second kappa shape index (κ2) is 7.27. The standard InChI is InChI=1S/C14H18N2O2/c1-4-9-18-13-8-6-5-7-12(13)10-15-16-14(17)11(2)3/h4-8,10-11H,1,9H2,2-3H3,(H,16,17)/b15-10-. The lowest BCUT2D eigenvalue weighted by molar-refractivity contribution is -0.123. The molecule has 0 spiro atoms. The Kier molecular flexibility index (Phi) is 5.64. The van der Waals surface area contributed by atoms with E-state index in [1.807, 2.05) is 38.1 Å². The number of ether oxygens (including phenoxy) is 1. The zero-order chi connectivity index (χ0) is 13.4. The Hall–Kier alpha value is -2.10. The van der Waals surface area contributed by atoms with Crippen molar-refractivity contribution in [3.05, 3.63) is 42.5 Å². The van der Waals surface area contributed by atoms with Crippen molar-refractivity contribution in [3.63, 3.8) is 0 Å². The van der Waals surface area contributed by atoms with Crippen molar-refractivity contribution in [3.8, 4) is 5.75 Å². The first-order valence-electron chi connectivity index (χ1n) is 5.80. The fraction of sp³-hybridized carbons (Fsp3) is 0.286. The summed E-state index contributed by atoms with van der Waals surface area (Å²) in [4.78, 5) is 11.3. The highest BCUT2D eigenvalue weighted by atomic mass is 16.5. The predicted octanol–water partition coefficient (Wildman–Crippen LogP) is 2.36. The minimum absolute atomic E-state index is 0.0885. The van der Waals surface area contributed by atoms with Crippen LogP contribution in [0.4, 0.5) is 0 Å². The molecule has 0 saturated heterocycles. The maximum absolute atomic E-state index is 11.3. The van der Waals surface area contributed by atoms with Gasteiger partial charge in [0.2, 0.25) is 5.91 Å². The van der Waals surface area contributed by atoms with E-state index in [-0.39, 0.29) is 11.8 Å². The first-order chi connectivity index (χ1) is 8.65. The van der Waals surface area contributed by atoms with Gasteiger partial charge in [0.05, 0.1) is 6.21 Å². The van der Waals surface area contributed by atoms with Crippen LogP contribution in [0.3, 0.4) is 0 Å². The lowest BCUT2D eigenvalue weighted by atomic mass is 10.2. The number of hydrogen-bond acceptors (Lipinski definition) is 3. The van der Waals surface area contributed by atoms with Crippen LogP contribution < -0.4 is 10.2 Å². The van der Waals surface area contributed by atoms with Gasteiger partial charge in [0, 0.05) is 11.5 Å². The van der Waals surface area contributed by atoms with Gasteiger partial charge >= 0.3 is 0 Å². The zero-order valence-electron chi connectivity index (χ0n) is 10.7. The number of nitrogens with zero attached hydrogens (tertiary/aromatic N) is 1. The molecule has 0 aromatic heterocycles. The maximum atomic E-state index is 11.3. The van der Waals surface area contributed by atoms with Gasteiger partial charge in [-0.2, -0.15) is 5.10 Å². The number of carbonyl (C=O) groups is 1. The molecule has 1 aromatic carbocycles. The van der Waals surface area contributed by atoms with Crippen molar-refractivity contribution in [1.82, 2.24) is 5.43 Å². The number of hydrogen-bond donors (Lipinski definition) is 1. The SMILES string of the molecule is C=CCOc1ccccc1/C=N\NC(=O)C(C)C. The summed E-state index contributed by atoms with van der Waals surface area (Å²) in [5.74, 6) is 0.505. The molecule has 0 heterocycles. The summed E-state index contributed by atoms with van der Waals surface area (Å²) in [7, 11) is 0. The quantitative estimate of drug-likeness (QED) is 0.476. The van der Waals surface area contributed by atoms with Crippen LogP contribution in [0.15, 0.2) is 42.0 Å². The lowest BCUT2D eigenvalue weighted by Gasteiger charge is -2.06. The minimum Gasteiger partial charge on any atom is -0.489 e. The number of benzene rings is 1. The van der Waals surface area contributed by atoms with Crippen LogP contribution in [0.25, 0.3) is 0 Å². The third kappa shape index (κ3) is 4.41. The van der Waals surface area contributed by atoms with Crippen molar-refractivity contribution in [2.45, 2.75) is 13.8 Å². The van der Waals surface area contributed by atoms with E-state index in [0.717, 1.165) is 5.56 Å². The molecule has 0 unspecified atom stereocenters. The van der Waals surface area contributed by atoms with Gasteiger partial charge in [0.25, 0.3) is 0 Å². The van der Waals surface area contributed by atoms with E-state index in [4.69, 9.17) is 4.74 Å². The highest BCUT2D eigenvalue weighted by Crippen LogP contribution is 2.15. The zero-order valence-corrected chi connectivity index (χ0v) is 10.7. The highest BCUT2D eigenvalue weighted by Gasteiger charge is 2.04. The molecule has 0 bridgehead atoms. The molecule has 1 amide bonds. The van der Waals surface area contributed by atoms with E-state index in [1.54, 1.807) is 12.3 Å². The fourth-order valence-corrected chi connectivity index (χ4v) is 1.16. The normalized spacial score (nSPS) is 10.6. The predicted molar refractivity (Wildman–Crippen MR) is 72.7 cm³/mol. The number of rotatable bonds is 6. The summed E-state index contributed by atoms with van der Waals surface area (Å²) in [6.07, 6.45) is 3.24. The van der Waals surface area contributed by atoms with Crippen molar-refractivity contribution >= 4 is 12.1 Å². The van der Waals surface area contributed by atoms with Gasteiger partial charge < -0.3 is 4.74 Å². The molecule has 0 aliphatic heterocycles. The number of hydrazone groups is 1. The third-order valence-electron chi connectivity index (χ3n) is 2.18. The van der Waals surface area contributed by atoms with E-state index in [2.05, 4.69) is 17.1 Å². The summed E-state index contributed by atoms with van der Waals surface area (Å²) in [6, 6.07) is 7.47.